The Hall–Kier alpha value is -1.77. The molecule has 0 saturated heterocycles. The fourth-order valence-electron chi connectivity index (χ4n) is 1.76. The standard InChI is InChI=1S/C14H17BrN4O3/c1-8(17-13(20)11(16)7-21-2)14-18-12(19-22-14)9-3-5-10(15)6-4-9/h3-6,8,11H,7,16H2,1-2H3,(H,17,20). The van der Waals surface area contributed by atoms with Gasteiger partial charge in [0.05, 0.1) is 6.61 Å². The molecule has 1 amide bonds. The number of nitrogens with zero attached hydrogens (tertiary/aromatic N) is 2. The largest absolute Gasteiger partial charge is 0.383 e. The summed E-state index contributed by atoms with van der Waals surface area (Å²) in [5.41, 5.74) is 6.48. The number of nitrogens with one attached hydrogen (secondary N) is 1. The van der Waals surface area contributed by atoms with Gasteiger partial charge in [-0.1, -0.05) is 21.1 Å². The third kappa shape index (κ3) is 4.12. The smallest absolute Gasteiger partial charge is 0.249 e. The van der Waals surface area contributed by atoms with Crippen LogP contribution in [0.25, 0.3) is 11.4 Å². The van der Waals surface area contributed by atoms with E-state index in [9.17, 15) is 4.79 Å². The van der Waals surface area contributed by atoms with Crippen LogP contribution < -0.4 is 11.1 Å². The van der Waals surface area contributed by atoms with Crippen LogP contribution in [0.3, 0.4) is 0 Å². The molecule has 0 aliphatic heterocycles. The van der Waals surface area contributed by atoms with Crippen LogP contribution in [0.15, 0.2) is 33.3 Å². The predicted octanol–water partition coefficient (Wildman–Crippen LogP) is 1.65. The Kier molecular flexibility index (Phi) is 5.64. The van der Waals surface area contributed by atoms with Gasteiger partial charge < -0.3 is 20.3 Å². The number of nitrogens with two attached hydrogens (primary N) is 1. The van der Waals surface area contributed by atoms with Gasteiger partial charge in [-0.3, -0.25) is 4.79 Å². The summed E-state index contributed by atoms with van der Waals surface area (Å²) in [6.07, 6.45) is 0. The second kappa shape index (κ2) is 7.48. The van der Waals surface area contributed by atoms with Gasteiger partial charge in [-0.25, -0.2) is 0 Å². The lowest BCUT2D eigenvalue weighted by Crippen LogP contribution is -2.44. The summed E-state index contributed by atoms with van der Waals surface area (Å²) in [6.45, 7) is 1.89. The maximum absolute atomic E-state index is 11.8. The quantitative estimate of drug-likeness (QED) is 0.803. The predicted molar refractivity (Wildman–Crippen MR) is 83.8 cm³/mol. The highest BCUT2D eigenvalue weighted by Gasteiger charge is 2.20. The second-order valence-electron chi connectivity index (χ2n) is 4.76. The van der Waals surface area contributed by atoms with Crippen molar-refractivity contribution in [3.63, 3.8) is 0 Å². The van der Waals surface area contributed by atoms with Crippen molar-refractivity contribution in [1.82, 2.24) is 15.5 Å². The zero-order valence-electron chi connectivity index (χ0n) is 12.2. The van der Waals surface area contributed by atoms with E-state index in [-0.39, 0.29) is 12.5 Å². The molecular weight excluding hydrogens is 352 g/mol. The number of ether oxygens (including phenoxy) is 1. The first-order chi connectivity index (χ1) is 10.5. The molecule has 118 valence electrons. The second-order valence-corrected chi connectivity index (χ2v) is 5.67. The van der Waals surface area contributed by atoms with Crippen molar-refractivity contribution in [2.75, 3.05) is 13.7 Å². The molecule has 0 saturated carbocycles. The summed E-state index contributed by atoms with van der Waals surface area (Å²) in [4.78, 5) is 16.1. The average Bonchev–Trinajstić information content (AvgIpc) is 2.98. The molecule has 1 heterocycles. The molecule has 1 aromatic carbocycles. The fraction of sp³-hybridized carbons (Fsp3) is 0.357. The van der Waals surface area contributed by atoms with Crippen LogP contribution in [0.1, 0.15) is 18.9 Å². The van der Waals surface area contributed by atoms with Crippen LogP contribution in [0, 0.1) is 0 Å². The zero-order chi connectivity index (χ0) is 16.1. The molecule has 3 N–H and O–H groups in total. The monoisotopic (exact) mass is 368 g/mol. The lowest BCUT2D eigenvalue weighted by Gasteiger charge is -2.14. The molecule has 0 radical (unpaired) electrons. The molecule has 0 fully saturated rings. The van der Waals surface area contributed by atoms with Crippen LogP contribution in [0.4, 0.5) is 0 Å². The van der Waals surface area contributed by atoms with Gasteiger partial charge >= 0.3 is 0 Å². The van der Waals surface area contributed by atoms with Gasteiger partial charge in [0.15, 0.2) is 0 Å². The SMILES string of the molecule is COCC(N)C(=O)NC(C)c1nc(-c2ccc(Br)cc2)no1. The number of halogens is 1. The Morgan fingerprint density at radius 3 is 2.77 bits per heavy atom. The lowest BCUT2D eigenvalue weighted by atomic mass is 10.2. The summed E-state index contributed by atoms with van der Waals surface area (Å²) >= 11 is 3.37. The number of aromatic nitrogens is 2. The van der Waals surface area contributed by atoms with Crippen molar-refractivity contribution in [2.45, 2.75) is 19.0 Å². The van der Waals surface area contributed by atoms with E-state index in [1.54, 1.807) is 6.92 Å². The van der Waals surface area contributed by atoms with Crippen LogP contribution in [-0.4, -0.2) is 35.8 Å². The maximum Gasteiger partial charge on any atom is 0.249 e. The topological polar surface area (TPSA) is 103 Å². The number of methoxy groups -OCH3 is 1. The first-order valence-corrected chi connectivity index (χ1v) is 7.45. The van der Waals surface area contributed by atoms with Gasteiger partial charge in [0, 0.05) is 17.1 Å². The highest BCUT2D eigenvalue weighted by molar-refractivity contribution is 9.10. The van der Waals surface area contributed by atoms with Crippen molar-refractivity contribution in [2.24, 2.45) is 5.73 Å². The van der Waals surface area contributed by atoms with Gasteiger partial charge in [-0.15, -0.1) is 0 Å². The van der Waals surface area contributed by atoms with Crippen molar-refractivity contribution < 1.29 is 14.1 Å². The highest BCUT2D eigenvalue weighted by Crippen LogP contribution is 2.20. The summed E-state index contributed by atoms with van der Waals surface area (Å²) < 4.78 is 11.0. The molecule has 2 rings (SSSR count). The number of hydrogen-bond acceptors (Lipinski definition) is 6. The number of hydrogen-bond donors (Lipinski definition) is 2. The summed E-state index contributed by atoms with van der Waals surface area (Å²) in [6, 6.07) is 6.35. The van der Waals surface area contributed by atoms with Crippen LogP contribution >= 0.6 is 15.9 Å². The molecule has 0 aliphatic carbocycles. The van der Waals surface area contributed by atoms with Gasteiger partial charge in [0.2, 0.25) is 17.6 Å². The summed E-state index contributed by atoms with van der Waals surface area (Å²) in [7, 11) is 1.49. The minimum Gasteiger partial charge on any atom is -0.383 e. The molecule has 2 atom stereocenters. The number of benzene rings is 1. The summed E-state index contributed by atoms with van der Waals surface area (Å²) in [5.74, 6) is 0.443. The Bertz CT molecular complexity index is 629. The zero-order valence-corrected chi connectivity index (χ0v) is 13.8. The van der Waals surface area contributed by atoms with Crippen LogP contribution in [0.2, 0.25) is 0 Å². The van der Waals surface area contributed by atoms with E-state index in [4.69, 9.17) is 15.0 Å². The van der Waals surface area contributed by atoms with Gasteiger partial charge in [-0.05, 0) is 31.2 Å². The number of carbonyl (C=O) groups is 1. The van der Waals surface area contributed by atoms with E-state index in [0.29, 0.717) is 11.7 Å². The molecule has 2 aromatic rings. The highest BCUT2D eigenvalue weighted by atomic mass is 79.9. The average molecular weight is 369 g/mol. The minimum atomic E-state index is -0.735. The van der Waals surface area contributed by atoms with E-state index < -0.39 is 12.1 Å². The van der Waals surface area contributed by atoms with E-state index in [1.807, 2.05) is 24.3 Å². The van der Waals surface area contributed by atoms with E-state index in [1.165, 1.54) is 7.11 Å². The van der Waals surface area contributed by atoms with E-state index >= 15 is 0 Å². The molecule has 8 heteroatoms. The Labute approximate surface area is 136 Å². The van der Waals surface area contributed by atoms with Gasteiger partial charge in [0.25, 0.3) is 0 Å². The van der Waals surface area contributed by atoms with Gasteiger partial charge in [0.1, 0.15) is 12.1 Å². The molecule has 7 nitrogen and oxygen atoms in total. The van der Waals surface area contributed by atoms with Crippen molar-refractivity contribution >= 4 is 21.8 Å². The van der Waals surface area contributed by atoms with E-state index in [0.717, 1.165) is 10.0 Å². The number of rotatable bonds is 6. The molecule has 0 spiro atoms. The maximum atomic E-state index is 11.8. The van der Waals surface area contributed by atoms with Crippen LogP contribution in [0.5, 0.6) is 0 Å². The van der Waals surface area contributed by atoms with E-state index in [2.05, 4.69) is 31.4 Å². The number of amides is 1. The molecule has 1 aromatic heterocycles. The van der Waals surface area contributed by atoms with Crippen molar-refractivity contribution in [1.29, 1.82) is 0 Å². The Morgan fingerprint density at radius 2 is 2.14 bits per heavy atom. The van der Waals surface area contributed by atoms with Crippen LogP contribution in [-0.2, 0) is 9.53 Å². The lowest BCUT2D eigenvalue weighted by molar-refractivity contribution is -0.124. The molecule has 0 aliphatic rings. The minimum absolute atomic E-state index is 0.145. The third-order valence-corrected chi connectivity index (χ3v) is 3.49. The molecule has 0 bridgehead atoms. The molecular formula is C14H17BrN4O3. The third-order valence-electron chi connectivity index (χ3n) is 2.96. The normalized spacial score (nSPS) is 13.6. The van der Waals surface area contributed by atoms with Crippen molar-refractivity contribution in [3.05, 3.63) is 34.6 Å². The Morgan fingerprint density at radius 1 is 1.45 bits per heavy atom. The fourth-order valence-corrected chi connectivity index (χ4v) is 2.03. The van der Waals surface area contributed by atoms with Gasteiger partial charge in [-0.2, -0.15) is 4.98 Å². The Balaban J connectivity index is 2.04. The first-order valence-electron chi connectivity index (χ1n) is 6.65. The molecule has 22 heavy (non-hydrogen) atoms. The first kappa shape index (κ1) is 16.6. The summed E-state index contributed by atoms with van der Waals surface area (Å²) in [5, 5.41) is 6.62. The molecule has 2 unspecified atom stereocenters. The van der Waals surface area contributed by atoms with Crippen molar-refractivity contribution in [3.8, 4) is 11.4 Å². The number of carbonyl (C=O) groups excluding carboxylic acids is 1.